The van der Waals surface area contributed by atoms with Crippen LogP contribution in [0.1, 0.15) is 0 Å². The summed E-state index contributed by atoms with van der Waals surface area (Å²) in [5.41, 5.74) is 0.492. The van der Waals surface area contributed by atoms with Crippen LogP contribution in [0, 0.1) is 0 Å². The lowest BCUT2D eigenvalue weighted by Gasteiger charge is -1.99. The van der Waals surface area contributed by atoms with E-state index in [1.807, 2.05) is 0 Å². The number of azo groups is 1. The van der Waals surface area contributed by atoms with E-state index in [1.165, 1.54) is 36.4 Å². The van der Waals surface area contributed by atoms with Crippen LogP contribution in [0.5, 0.6) is 11.5 Å². The molecule has 0 spiro atoms. The third-order valence-electron chi connectivity index (χ3n) is 2.37. The van der Waals surface area contributed by atoms with Crippen molar-refractivity contribution in [3.63, 3.8) is 0 Å². The largest absolute Gasteiger partial charge is 0.508 e. The van der Waals surface area contributed by atoms with Crippen LogP contribution in [0.2, 0.25) is 0 Å². The van der Waals surface area contributed by atoms with Crippen LogP contribution in [-0.2, 0) is 10.1 Å². The van der Waals surface area contributed by atoms with Gasteiger partial charge in [-0.2, -0.15) is 13.5 Å². The third kappa shape index (κ3) is 3.31. The van der Waals surface area contributed by atoms with Crippen molar-refractivity contribution in [2.24, 2.45) is 10.2 Å². The number of hydrogen-bond acceptors (Lipinski definition) is 6. The zero-order valence-corrected chi connectivity index (χ0v) is 10.8. The fraction of sp³-hybridized carbons (Fsp3) is 0. The predicted molar refractivity (Wildman–Crippen MR) is 70.2 cm³/mol. The summed E-state index contributed by atoms with van der Waals surface area (Å²) in [4.78, 5) is -0.246. The molecule has 20 heavy (non-hydrogen) atoms. The van der Waals surface area contributed by atoms with Gasteiger partial charge in [0.2, 0.25) is 0 Å². The first kappa shape index (κ1) is 14.0. The molecule has 0 aromatic heterocycles. The van der Waals surface area contributed by atoms with Gasteiger partial charge in [0, 0.05) is 6.07 Å². The first-order valence-corrected chi connectivity index (χ1v) is 6.81. The van der Waals surface area contributed by atoms with Gasteiger partial charge in [0.25, 0.3) is 10.1 Å². The monoisotopic (exact) mass is 294 g/mol. The molecule has 0 heterocycles. The molecule has 0 aliphatic carbocycles. The van der Waals surface area contributed by atoms with E-state index in [9.17, 15) is 13.5 Å². The standard InChI is InChI=1S/C12H10N2O5S/c15-9-3-6-11(12(16)7-9)14-13-8-1-4-10(5-2-8)20(17,18)19/h1-7,15-16H,(H,17,18,19). The van der Waals surface area contributed by atoms with Crippen molar-refractivity contribution in [1.82, 2.24) is 0 Å². The van der Waals surface area contributed by atoms with Gasteiger partial charge in [-0.1, -0.05) is 0 Å². The fourth-order valence-corrected chi connectivity index (χ4v) is 1.87. The van der Waals surface area contributed by atoms with E-state index in [1.54, 1.807) is 0 Å². The Morgan fingerprint density at radius 1 is 0.900 bits per heavy atom. The minimum absolute atomic E-state index is 0.0982. The molecule has 2 aromatic carbocycles. The number of hydrogen-bond donors (Lipinski definition) is 3. The summed E-state index contributed by atoms with van der Waals surface area (Å²) in [6.45, 7) is 0. The zero-order valence-electron chi connectivity index (χ0n) is 10.0. The van der Waals surface area contributed by atoms with Crippen molar-refractivity contribution < 1.29 is 23.2 Å². The molecular weight excluding hydrogens is 284 g/mol. The number of phenolic OH excluding ortho intramolecular Hbond substituents is 2. The molecule has 0 unspecified atom stereocenters. The van der Waals surface area contributed by atoms with E-state index in [4.69, 9.17) is 9.66 Å². The van der Waals surface area contributed by atoms with E-state index in [0.29, 0.717) is 5.69 Å². The molecule has 0 atom stereocenters. The smallest absolute Gasteiger partial charge is 0.294 e. The number of aromatic hydroxyl groups is 2. The fourth-order valence-electron chi connectivity index (χ4n) is 1.39. The lowest BCUT2D eigenvalue weighted by molar-refractivity contribution is 0.451. The van der Waals surface area contributed by atoms with Crippen LogP contribution in [0.15, 0.2) is 57.6 Å². The van der Waals surface area contributed by atoms with Crippen LogP contribution in [0.4, 0.5) is 11.4 Å². The van der Waals surface area contributed by atoms with Crippen LogP contribution in [-0.4, -0.2) is 23.2 Å². The molecule has 0 saturated carbocycles. The molecule has 2 aromatic rings. The molecule has 0 aliphatic heterocycles. The highest BCUT2D eigenvalue weighted by molar-refractivity contribution is 7.85. The topological polar surface area (TPSA) is 120 Å². The molecule has 0 fully saturated rings. The van der Waals surface area contributed by atoms with Gasteiger partial charge in [-0.15, -0.1) is 5.11 Å². The highest BCUT2D eigenvalue weighted by Gasteiger charge is 2.08. The second-order valence-corrected chi connectivity index (χ2v) is 5.26. The Bertz CT molecular complexity index is 754. The maximum absolute atomic E-state index is 10.8. The summed E-state index contributed by atoms with van der Waals surface area (Å²) in [5.74, 6) is -0.331. The Kier molecular flexibility index (Phi) is 3.68. The third-order valence-corrected chi connectivity index (χ3v) is 3.23. The molecule has 3 N–H and O–H groups in total. The van der Waals surface area contributed by atoms with Crippen molar-refractivity contribution in [1.29, 1.82) is 0 Å². The average Bonchev–Trinajstić information content (AvgIpc) is 2.37. The van der Waals surface area contributed by atoms with Crippen molar-refractivity contribution in [2.75, 3.05) is 0 Å². The minimum atomic E-state index is -4.24. The molecule has 0 radical (unpaired) electrons. The van der Waals surface area contributed by atoms with Gasteiger partial charge in [0.1, 0.15) is 17.2 Å². The zero-order chi connectivity index (χ0) is 14.8. The molecule has 0 aliphatic rings. The highest BCUT2D eigenvalue weighted by Crippen LogP contribution is 2.31. The van der Waals surface area contributed by atoms with Gasteiger partial charge in [-0.3, -0.25) is 4.55 Å². The molecule has 7 nitrogen and oxygen atoms in total. The van der Waals surface area contributed by atoms with Crippen LogP contribution in [0.25, 0.3) is 0 Å². The molecule has 0 saturated heterocycles. The summed E-state index contributed by atoms with van der Waals surface area (Å²) >= 11 is 0. The van der Waals surface area contributed by atoms with Gasteiger partial charge < -0.3 is 10.2 Å². The maximum Gasteiger partial charge on any atom is 0.294 e. The second-order valence-electron chi connectivity index (χ2n) is 3.84. The van der Waals surface area contributed by atoms with Crippen molar-refractivity contribution >= 4 is 21.5 Å². The Morgan fingerprint density at radius 2 is 1.55 bits per heavy atom. The first-order chi connectivity index (χ1) is 9.36. The SMILES string of the molecule is O=S(=O)(O)c1ccc(N=Nc2ccc(O)cc2O)cc1. The van der Waals surface area contributed by atoms with Gasteiger partial charge in [0.05, 0.1) is 10.6 Å². The quantitative estimate of drug-likeness (QED) is 0.594. The second kappa shape index (κ2) is 5.27. The van der Waals surface area contributed by atoms with Gasteiger partial charge >= 0.3 is 0 Å². The molecule has 0 bridgehead atoms. The summed E-state index contributed by atoms with van der Waals surface area (Å²) in [6.07, 6.45) is 0. The van der Waals surface area contributed by atoms with E-state index in [-0.39, 0.29) is 22.1 Å². The summed E-state index contributed by atoms with van der Waals surface area (Å²) in [7, 11) is -4.24. The van der Waals surface area contributed by atoms with Crippen molar-refractivity contribution in [3.8, 4) is 11.5 Å². The van der Waals surface area contributed by atoms with E-state index >= 15 is 0 Å². The molecule has 8 heteroatoms. The van der Waals surface area contributed by atoms with E-state index < -0.39 is 10.1 Å². The Hall–Kier alpha value is -2.45. The Labute approximate surface area is 114 Å². The number of benzene rings is 2. The number of nitrogens with zero attached hydrogens (tertiary/aromatic N) is 2. The van der Waals surface area contributed by atoms with E-state index in [2.05, 4.69) is 10.2 Å². The van der Waals surface area contributed by atoms with E-state index in [0.717, 1.165) is 6.07 Å². The van der Waals surface area contributed by atoms with Crippen molar-refractivity contribution in [2.45, 2.75) is 4.90 Å². The molecule has 2 rings (SSSR count). The first-order valence-electron chi connectivity index (χ1n) is 5.37. The summed E-state index contributed by atoms with van der Waals surface area (Å²) in [6, 6.07) is 8.90. The summed E-state index contributed by atoms with van der Waals surface area (Å²) in [5, 5.41) is 26.2. The highest BCUT2D eigenvalue weighted by atomic mass is 32.2. The minimum Gasteiger partial charge on any atom is -0.508 e. The Balaban J connectivity index is 2.24. The van der Waals surface area contributed by atoms with Gasteiger partial charge in [-0.25, -0.2) is 0 Å². The Morgan fingerprint density at radius 3 is 2.10 bits per heavy atom. The lowest BCUT2D eigenvalue weighted by atomic mass is 10.3. The number of rotatable bonds is 3. The lowest BCUT2D eigenvalue weighted by Crippen LogP contribution is -1.96. The average molecular weight is 294 g/mol. The van der Waals surface area contributed by atoms with Gasteiger partial charge in [0.15, 0.2) is 0 Å². The molecular formula is C12H10N2O5S. The number of phenols is 2. The van der Waals surface area contributed by atoms with Gasteiger partial charge in [-0.05, 0) is 36.4 Å². The van der Waals surface area contributed by atoms with Crippen LogP contribution >= 0.6 is 0 Å². The predicted octanol–water partition coefficient (Wildman–Crippen LogP) is 2.76. The maximum atomic E-state index is 10.8. The normalized spacial score (nSPS) is 11.8. The van der Waals surface area contributed by atoms with Crippen LogP contribution in [0.3, 0.4) is 0 Å². The van der Waals surface area contributed by atoms with Crippen LogP contribution < -0.4 is 0 Å². The molecule has 104 valence electrons. The summed E-state index contributed by atoms with van der Waals surface area (Å²) < 4.78 is 30.5. The van der Waals surface area contributed by atoms with Crippen molar-refractivity contribution in [3.05, 3.63) is 42.5 Å². The molecule has 0 amide bonds.